The summed E-state index contributed by atoms with van der Waals surface area (Å²) in [5.41, 5.74) is 10.9. The summed E-state index contributed by atoms with van der Waals surface area (Å²) in [6.45, 7) is 4.76. The van der Waals surface area contributed by atoms with Crippen LogP contribution in [0.3, 0.4) is 0 Å². The van der Waals surface area contributed by atoms with Crippen LogP contribution in [0.15, 0.2) is 119 Å². The van der Waals surface area contributed by atoms with Gasteiger partial charge in [0.25, 0.3) is 0 Å². The van der Waals surface area contributed by atoms with Crippen molar-refractivity contribution in [3.8, 4) is 33.4 Å². The Morgan fingerprint density at radius 3 is 2.03 bits per heavy atom. The van der Waals surface area contributed by atoms with Gasteiger partial charge < -0.3 is 0 Å². The van der Waals surface area contributed by atoms with Crippen LogP contribution in [-0.4, -0.2) is 0 Å². The van der Waals surface area contributed by atoms with Gasteiger partial charge in [-0.05, 0) is 85.4 Å². The van der Waals surface area contributed by atoms with E-state index in [0.29, 0.717) is 0 Å². The standard InChI is InChI=1S/C35H24S/c1-35(2)29-20-24(16-17-26(29)28-18-22-8-3-4-9-23(22)19-30(28)35)25-12-7-15-32-34(25)27-13-5-10-21-11-6-14-31(36-32)33(21)27/h3-20H,1-2H3. The van der Waals surface area contributed by atoms with E-state index in [1.165, 1.54) is 75.8 Å². The number of fused-ring (bicyclic) bond motifs is 6. The maximum Gasteiger partial charge on any atom is 0.0207 e. The molecule has 0 N–H and O–H groups in total. The second kappa shape index (κ2) is 7.12. The molecule has 0 saturated heterocycles. The molecule has 1 aliphatic heterocycles. The van der Waals surface area contributed by atoms with Crippen LogP contribution in [0, 0.1) is 0 Å². The van der Waals surface area contributed by atoms with Crippen molar-refractivity contribution >= 4 is 33.3 Å². The highest BCUT2D eigenvalue weighted by atomic mass is 32.2. The van der Waals surface area contributed by atoms with E-state index >= 15 is 0 Å². The topological polar surface area (TPSA) is 0 Å². The van der Waals surface area contributed by atoms with E-state index in [-0.39, 0.29) is 5.41 Å². The molecule has 1 heterocycles. The van der Waals surface area contributed by atoms with Gasteiger partial charge in [0, 0.05) is 26.2 Å². The highest BCUT2D eigenvalue weighted by Gasteiger charge is 2.36. The Hall–Kier alpha value is -3.81. The van der Waals surface area contributed by atoms with Crippen molar-refractivity contribution in [3.63, 3.8) is 0 Å². The van der Waals surface area contributed by atoms with Crippen LogP contribution in [0.25, 0.3) is 54.9 Å². The van der Waals surface area contributed by atoms with Crippen LogP contribution in [-0.2, 0) is 5.41 Å². The quantitative estimate of drug-likeness (QED) is 0.227. The van der Waals surface area contributed by atoms with E-state index in [9.17, 15) is 0 Å². The molecule has 0 unspecified atom stereocenters. The molecule has 0 radical (unpaired) electrons. The van der Waals surface area contributed by atoms with E-state index < -0.39 is 0 Å². The second-order valence-electron chi connectivity index (χ2n) is 10.6. The Morgan fingerprint density at radius 1 is 0.500 bits per heavy atom. The summed E-state index contributed by atoms with van der Waals surface area (Å²) in [4.78, 5) is 2.69. The third-order valence-corrected chi connectivity index (χ3v) is 9.36. The van der Waals surface area contributed by atoms with Crippen molar-refractivity contribution in [3.05, 3.63) is 120 Å². The minimum absolute atomic E-state index is 0.0408. The summed E-state index contributed by atoms with van der Waals surface area (Å²) in [6.07, 6.45) is 0. The van der Waals surface area contributed by atoms with Gasteiger partial charge in [-0.15, -0.1) is 0 Å². The van der Waals surface area contributed by atoms with E-state index in [4.69, 9.17) is 0 Å². The summed E-state index contributed by atoms with van der Waals surface area (Å²) in [6, 6.07) is 40.8. The predicted octanol–water partition coefficient (Wildman–Crippen LogP) is 10.1. The van der Waals surface area contributed by atoms with Crippen LogP contribution in [0.4, 0.5) is 0 Å². The molecule has 0 spiro atoms. The number of hydrogen-bond donors (Lipinski definition) is 0. The Bertz CT molecular complexity index is 1880. The Morgan fingerprint density at radius 2 is 1.17 bits per heavy atom. The van der Waals surface area contributed by atoms with Crippen LogP contribution < -0.4 is 0 Å². The normalized spacial score (nSPS) is 14.5. The third kappa shape index (κ3) is 2.67. The lowest BCUT2D eigenvalue weighted by Gasteiger charge is -2.25. The molecule has 6 aromatic rings. The molecule has 0 fully saturated rings. The maximum absolute atomic E-state index is 2.46. The molecule has 0 aromatic heterocycles. The summed E-state index contributed by atoms with van der Waals surface area (Å²) in [5, 5.41) is 5.32. The fourth-order valence-electron chi connectivity index (χ4n) is 6.44. The smallest absolute Gasteiger partial charge is 0.0207 e. The lowest BCUT2D eigenvalue weighted by Crippen LogP contribution is -2.15. The molecule has 0 amide bonds. The first-order chi connectivity index (χ1) is 17.6. The van der Waals surface area contributed by atoms with E-state index in [1.807, 2.05) is 11.8 Å². The van der Waals surface area contributed by atoms with Crippen molar-refractivity contribution in [1.82, 2.24) is 0 Å². The van der Waals surface area contributed by atoms with E-state index in [0.717, 1.165) is 0 Å². The SMILES string of the molecule is CC1(C)c2cc(-c3cccc4c3-c3cccc5cccc(c35)S4)ccc2-c2cc3ccccc3cc21. The van der Waals surface area contributed by atoms with Crippen molar-refractivity contribution < 1.29 is 0 Å². The van der Waals surface area contributed by atoms with Gasteiger partial charge in [-0.3, -0.25) is 0 Å². The molecule has 2 aliphatic rings. The minimum atomic E-state index is -0.0408. The van der Waals surface area contributed by atoms with Crippen LogP contribution in [0.2, 0.25) is 0 Å². The van der Waals surface area contributed by atoms with Crippen molar-refractivity contribution in [1.29, 1.82) is 0 Å². The van der Waals surface area contributed by atoms with E-state index in [2.05, 4.69) is 123 Å². The number of hydrogen-bond acceptors (Lipinski definition) is 1. The van der Waals surface area contributed by atoms with Gasteiger partial charge in [-0.1, -0.05) is 104 Å². The van der Waals surface area contributed by atoms with Crippen molar-refractivity contribution in [2.24, 2.45) is 0 Å². The van der Waals surface area contributed by atoms with Crippen LogP contribution in [0.1, 0.15) is 25.0 Å². The first-order valence-corrected chi connectivity index (χ1v) is 13.4. The summed E-state index contributed by atoms with van der Waals surface area (Å²) in [7, 11) is 0. The Labute approximate surface area is 215 Å². The van der Waals surface area contributed by atoms with Gasteiger partial charge >= 0.3 is 0 Å². The van der Waals surface area contributed by atoms with Crippen molar-refractivity contribution in [2.45, 2.75) is 29.1 Å². The summed E-state index contributed by atoms with van der Waals surface area (Å²) in [5.74, 6) is 0. The second-order valence-corrected chi connectivity index (χ2v) is 11.7. The number of rotatable bonds is 1. The summed E-state index contributed by atoms with van der Waals surface area (Å²) < 4.78 is 0. The van der Waals surface area contributed by atoms with Gasteiger partial charge in [0.1, 0.15) is 0 Å². The highest BCUT2D eigenvalue weighted by Crippen LogP contribution is 2.54. The molecular weight excluding hydrogens is 452 g/mol. The molecule has 0 atom stereocenters. The van der Waals surface area contributed by atoms with Crippen LogP contribution >= 0.6 is 11.8 Å². The van der Waals surface area contributed by atoms with Gasteiger partial charge in [-0.25, -0.2) is 0 Å². The first kappa shape index (κ1) is 20.4. The molecule has 1 aliphatic carbocycles. The highest BCUT2D eigenvalue weighted by molar-refractivity contribution is 7.99. The molecule has 0 nitrogen and oxygen atoms in total. The molecule has 170 valence electrons. The summed E-state index contributed by atoms with van der Waals surface area (Å²) >= 11 is 1.90. The van der Waals surface area contributed by atoms with Gasteiger partial charge in [0.15, 0.2) is 0 Å². The van der Waals surface area contributed by atoms with Crippen molar-refractivity contribution in [2.75, 3.05) is 0 Å². The Balaban J connectivity index is 1.36. The average molecular weight is 477 g/mol. The molecule has 8 rings (SSSR count). The molecule has 0 bridgehead atoms. The Kier molecular flexibility index (Phi) is 4.03. The van der Waals surface area contributed by atoms with Gasteiger partial charge in [-0.2, -0.15) is 0 Å². The van der Waals surface area contributed by atoms with Gasteiger partial charge in [0.05, 0.1) is 0 Å². The fourth-order valence-corrected chi connectivity index (χ4v) is 7.62. The average Bonchev–Trinajstić information content (AvgIpc) is 3.13. The monoisotopic (exact) mass is 476 g/mol. The fraction of sp³-hybridized carbons (Fsp3) is 0.0857. The molecule has 6 aromatic carbocycles. The largest absolute Gasteiger partial charge is 0.0888 e. The molecular formula is C35H24S. The predicted molar refractivity (Wildman–Crippen MR) is 154 cm³/mol. The minimum Gasteiger partial charge on any atom is -0.0888 e. The zero-order valence-electron chi connectivity index (χ0n) is 20.3. The zero-order chi connectivity index (χ0) is 24.0. The maximum atomic E-state index is 2.46. The lowest BCUT2D eigenvalue weighted by molar-refractivity contribution is 0.661. The van der Waals surface area contributed by atoms with Crippen LogP contribution in [0.5, 0.6) is 0 Å². The number of benzene rings is 6. The molecule has 1 heteroatoms. The molecule has 36 heavy (non-hydrogen) atoms. The first-order valence-electron chi connectivity index (χ1n) is 12.6. The van der Waals surface area contributed by atoms with Gasteiger partial charge in [0.2, 0.25) is 0 Å². The lowest BCUT2D eigenvalue weighted by atomic mass is 9.80. The molecule has 0 saturated carbocycles. The van der Waals surface area contributed by atoms with E-state index in [1.54, 1.807) is 0 Å². The third-order valence-electron chi connectivity index (χ3n) is 8.24. The zero-order valence-corrected chi connectivity index (χ0v) is 21.1.